The number of hydrogen-bond acceptors (Lipinski definition) is 2. The van der Waals surface area contributed by atoms with Crippen molar-refractivity contribution in [1.82, 2.24) is 5.73 Å². The zero-order valence-electron chi connectivity index (χ0n) is 6.74. The smallest absolute Gasteiger partial charge is 0.255 e. The van der Waals surface area contributed by atoms with Crippen LogP contribution in [0.5, 0.6) is 0 Å². The minimum Gasteiger partial charge on any atom is -0.272 e. The molecule has 1 radical (unpaired) electrons. The van der Waals surface area contributed by atoms with E-state index in [1.54, 1.807) is 0 Å². The SMILES string of the molecule is Cc1ccc(C(S)C([NH])=O)cc1. The number of carbonyl (C=O) groups excluding carboxylic acids is 1. The van der Waals surface area contributed by atoms with Crippen molar-refractivity contribution in [3.8, 4) is 0 Å². The number of amides is 1. The second-order valence-electron chi connectivity index (χ2n) is 2.68. The Balaban J connectivity index is 2.89. The van der Waals surface area contributed by atoms with Crippen molar-refractivity contribution in [3.63, 3.8) is 0 Å². The Labute approximate surface area is 77.2 Å². The van der Waals surface area contributed by atoms with Crippen LogP contribution in [0.3, 0.4) is 0 Å². The van der Waals surface area contributed by atoms with Crippen LogP contribution in [0.4, 0.5) is 0 Å². The van der Waals surface area contributed by atoms with Gasteiger partial charge in [-0.15, -0.1) is 0 Å². The summed E-state index contributed by atoms with van der Waals surface area (Å²) in [5, 5.41) is -0.606. The van der Waals surface area contributed by atoms with E-state index in [4.69, 9.17) is 5.73 Å². The Morgan fingerprint density at radius 2 is 1.92 bits per heavy atom. The van der Waals surface area contributed by atoms with Gasteiger partial charge in [0.25, 0.3) is 5.91 Å². The molecule has 0 fully saturated rings. The van der Waals surface area contributed by atoms with E-state index in [2.05, 4.69) is 12.6 Å². The van der Waals surface area contributed by atoms with Gasteiger partial charge >= 0.3 is 0 Å². The van der Waals surface area contributed by atoms with Crippen molar-refractivity contribution in [3.05, 3.63) is 35.4 Å². The van der Waals surface area contributed by atoms with Crippen LogP contribution in [-0.2, 0) is 4.79 Å². The van der Waals surface area contributed by atoms with Crippen LogP contribution >= 0.6 is 12.6 Å². The maximum Gasteiger partial charge on any atom is 0.255 e. The zero-order chi connectivity index (χ0) is 9.14. The molecule has 1 aromatic carbocycles. The Bertz CT molecular complexity index is 281. The molecule has 1 unspecified atom stereocenters. The Morgan fingerprint density at radius 1 is 1.42 bits per heavy atom. The molecule has 1 aromatic rings. The molecule has 0 aliphatic carbocycles. The highest BCUT2D eigenvalue weighted by Crippen LogP contribution is 2.19. The molecule has 1 amide bonds. The van der Waals surface area contributed by atoms with E-state index < -0.39 is 11.2 Å². The summed E-state index contributed by atoms with van der Waals surface area (Å²) in [6, 6.07) is 7.45. The number of rotatable bonds is 2. The number of aryl methyl sites for hydroxylation is 1. The van der Waals surface area contributed by atoms with Gasteiger partial charge in [-0.05, 0) is 12.5 Å². The minimum atomic E-state index is -0.665. The van der Waals surface area contributed by atoms with Crippen molar-refractivity contribution in [2.45, 2.75) is 12.2 Å². The van der Waals surface area contributed by atoms with Gasteiger partial charge in [0.05, 0.1) is 0 Å². The third-order valence-electron chi connectivity index (χ3n) is 1.64. The van der Waals surface area contributed by atoms with Crippen LogP contribution in [0.1, 0.15) is 16.4 Å². The third kappa shape index (κ3) is 2.01. The predicted molar refractivity (Wildman–Crippen MR) is 51.0 cm³/mol. The third-order valence-corrected chi connectivity index (χ3v) is 2.17. The van der Waals surface area contributed by atoms with Gasteiger partial charge < -0.3 is 0 Å². The lowest BCUT2D eigenvalue weighted by molar-refractivity contribution is -0.118. The van der Waals surface area contributed by atoms with E-state index in [9.17, 15) is 4.79 Å². The topological polar surface area (TPSA) is 40.9 Å². The zero-order valence-corrected chi connectivity index (χ0v) is 7.64. The van der Waals surface area contributed by atoms with Crippen molar-refractivity contribution in [1.29, 1.82) is 0 Å². The monoisotopic (exact) mass is 180 g/mol. The lowest BCUT2D eigenvalue weighted by Crippen LogP contribution is -2.06. The molecule has 1 N–H and O–H groups in total. The molecule has 0 saturated carbocycles. The van der Waals surface area contributed by atoms with Crippen molar-refractivity contribution in [2.24, 2.45) is 0 Å². The van der Waals surface area contributed by atoms with Gasteiger partial charge in [0.1, 0.15) is 5.25 Å². The summed E-state index contributed by atoms with van der Waals surface area (Å²) in [7, 11) is 0. The summed E-state index contributed by atoms with van der Waals surface area (Å²) in [6.45, 7) is 1.97. The molecule has 2 nitrogen and oxygen atoms in total. The van der Waals surface area contributed by atoms with Crippen LogP contribution in [0.25, 0.3) is 0 Å². The molecule has 0 aliphatic heterocycles. The number of carbonyl (C=O) groups is 1. The molecule has 0 spiro atoms. The molecule has 1 atom stereocenters. The molecule has 0 saturated heterocycles. The molecule has 0 bridgehead atoms. The van der Waals surface area contributed by atoms with Gasteiger partial charge in [-0.1, -0.05) is 29.8 Å². The van der Waals surface area contributed by atoms with Crippen molar-refractivity contribution >= 4 is 18.5 Å². The first-order chi connectivity index (χ1) is 5.61. The maximum absolute atomic E-state index is 10.6. The number of benzene rings is 1. The van der Waals surface area contributed by atoms with E-state index in [1.807, 2.05) is 31.2 Å². The van der Waals surface area contributed by atoms with E-state index >= 15 is 0 Å². The molecule has 12 heavy (non-hydrogen) atoms. The van der Waals surface area contributed by atoms with Gasteiger partial charge in [-0.3, -0.25) is 10.5 Å². The molecule has 0 aromatic heterocycles. The van der Waals surface area contributed by atoms with Gasteiger partial charge in [0.2, 0.25) is 0 Å². The van der Waals surface area contributed by atoms with E-state index in [-0.39, 0.29) is 0 Å². The summed E-state index contributed by atoms with van der Waals surface area (Å²) < 4.78 is 0. The fourth-order valence-electron chi connectivity index (χ4n) is 0.900. The van der Waals surface area contributed by atoms with Gasteiger partial charge in [0, 0.05) is 0 Å². The quantitative estimate of drug-likeness (QED) is 0.692. The molecular weight excluding hydrogens is 170 g/mol. The van der Waals surface area contributed by atoms with Gasteiger partial charge in [-0.2, -0.15) is 12.6 Å². The van der Waals surface area contributed by atoms with Gasteiger partial charge in [-0.25, -0.2) is 0 Å². The molecule has 0 aliphatic rings. The normalized spacial score (nSPS) is 12.5. The van der Waals surface area contributed by atoms with Crippen LogP contribution in [0, 0.1) is 6.92 Å². The summed E-state index contributed by atoms with van der Waals surface area (Å²) in [5.41, 5.74) is 8.78. The predicted octanol–water partition coefficient (Wildman–Crippen LogP) is 1.78. The number of hydrogen-bond donors (Lipinski definition) is 1. The lowest BCUT2D eigenvalue weighted by atomic mass is 10.1. The van der Waals surface area contributed by atoms with Crippen molar-refractivity contribution in [2.75, 3.05) is 0 Å². The second kappa shape index (κ2) is 3.63. The Kier molecular flexibility index (Phi) is 2.76. The summed E-state index contributed by atoms with van der Waals surface area (Å²) in [4.78, 5) is 10.6. The Morgan fingerprint density at radius 3 is 2.33 bits per heavy atom. The maximum atomic E-state index is 10.6. The first kappa shape index (κ1) is 9.13. The molecular formula is C9H10NOS. The fourth-order valence-corrected chi connectivity index (χ4v) is 1.07. The second-order valence-corrected chi connectivity index (χ2v) is 3.19. The lowest BCUT2D eigenvalue weighted by Gasteiger charge is -2.05. The average molecular weight is 180 g/mol. The first-order valence-electron chi connectivity index (χ1n) is 3.61. The summed E-state index contributed by atoms with van der Waals surface area (Å²) in [6.07, 6.45) is 0. The molecule has 0 heterocycles. The number of nitrogens with one attached hydrogen (secondary N) is 1. The van der Waals surface area contributed by atoms with Crippen LogP contribution in [0.2, 0.25) is 0 Å². The number of thiol groups is 1. The minimum absolute atomic E-state index is 0.606. The van der Waals surface area contributed by atoms with Crippen LogP contribution in [0.15, 0.2) is 24.3 Å². The average Bonchev–Trinajstić information content (AvgIpc) is 2.04. The van der Waals surface area contributed by atoms with Crippen LogP contribution in [-0.4, -0.2) is 5.91 Å². The van der Waals surface area contributed by atoms with Crippen LogP contribution < -0.4 is 5.73 Å². The standard InChI is InChI=1S/C9H10NOS/c1-6-2-4-7(5-3-6)8(12)9(10)11/h2-5,8,10,12H,1H3. The van der Waals surface area contributed by atoms with E-state index in [0.29, 0.717) is 0 Å². The van der Waals surface area contributed by atoms with E-state index in [1.165, 1.54) is 0 Å². The highest BCUT2D eigenvalue weighted by Gasteiger charge is 2.11. The van der Waals surface area contributed by atoms with Crippen molar-refractivity contribution < 1.29 is 4.79 Å². The molecule has 3 heteroatoms. The largest absolute Gasteiger partial charge is 0.272 e. The molecule has 63 valence electrons. The van der Waals surface area contributed by atoms with Gasteiger partial charge in [0.15, 0.2) is 0 Å². The fraction of sp³-hybridized carbons (Fsp3) is 0.222. The Hall–Kier alpha value is -0.960. The summed E-state index contributed by atoms with van der Waals surface area (Å²) in [5.74, 6) is -0.665. The molecule has 1 rings (SSSR count). The highest BCUT2D eigenvalue weighted by atomic mass is 32.1. The summed E-state index contributed by atoms with van der Waals surface area (Å²) >= 11 is 4.01. The first-order valence-corrected chi connectivity index (χ1v) is 4.13. The highest BCUT2D eigenvalue weighted by molar-refractivity contribution is 7.81. The van der Waals surface area contributed by atoms with E-state index in [0.717, 1.165) is 11.1 Å².